The summed E-state index contributed by atoms with van der Waals surface area (Å²) in [5, 5.41) is 0. The van der Waals surface area contributed by atoms with Crippen LogP contribution in [0.5, 0.6) is 0 Å². The molecular weight excluding hydrogens is 368 g/mol. The Morgan fingerprint density at radius 3 is 1.57 bits per heavy atom. The van der Waals surface area contributed by atoms with E-state index in [0.29, 0.717) is 13.1 Å². The van der Waals surface area contributed by atoms with Crippen LogP contribution in [0.2, 0.25) is 0 Å². The van der Waals surface area contributed by atoms with E-state index >= 15 is 0 Å². The van der Waals surface area contributed by atoms with Crippen LogP contribution in [-0.4, -0.2) is 0 Å². The zero-order chi connectivity index (χ0) is 20.9. The monoisotopic (exact) mass is 394 g/mol. The van der Waals surface area contributed by atoms with Crippen LogP contribution in [0.3, 0.4) is 0 Å². The number of hydrogen-bond donors (Lipinski definition) is 4. The average Bonchev–Trinajstić information content (AvgIpc) is 2.83. The van der Waals surface area contributed by atoms with E-state index in [0.717, 1.165) is 50.2 Å². The van der Waals surface area contributed by atoms with Crippen molar-refractivity contribution in [1.82, 2.24) is 0 Å². The lowest BCUT2D eigenvalue weighted by atomic mass is 9.86. The molecule has 0 atom stereocenters. The molecule has 0 bridgehead atoms. The van der Waals surface area contributed by atoms with E-state index < -0.39 is 0 Å². The number of anilines is 1. The minimum Gasteiger partial charge on any atom is -0.326 e. The molecule has 0 heterocycles. The second-order valence-electron chi connectivity index (χ2n) is 7.22. The number of hydrogen-bond acceptors (Lipinski definition) is 4. The molecule has 0 saturated heterocycles. The first-order valence-electron chi connectivity index (χ1n) is 10.0. The SMILES string of the molecule is NCc1ccc(-c2c(NN)ccc(-c3ccccc3)c2-c2ccc(CN)cc2)cc1. The summed E-state index contributed by atoms with van der Waals surface area (Å²) in [6, 6.07) is 31.3. The maximum Gasteiger partial charge on any atom is 0.0570 e. The molecule has 0 aliphatic carbocycles. The average molecular weight is 395 g/mol. The van der Waals surface area contributed by atoms with Crippen LogP contribution in [0, 0.1) is 0 Å². The number of benzene rings is 4. The standard InChI is InChI=1S/C26H26N4/c27-16-18-6-10-21(11-7-18)25-23(20-4-2-1-3-5-20)14-15-24(30-29)26(25)22-12-8-19(17-28)9-13-22/h1-15,30H,16-17,27-29H2. The second kappa shape index (κ2) is 8.93. The highest BCUT2D eigenvalue weighted by Gasteiger charge is 2.18. The summed E-state index contributed by atoms with van der Waals surface area (Å²) in [4.78, 5) is 0. The van der Waals surface area contributed by atoms with Gasteiger partial charge in [-0.3, -0.25) is 5.84 Å². The van der Waals surface area contributed by atoms with Gasteiger partial charge in [-0.15, -0.1) is 0 Å². The fourth-order valence-electron chi connectivity index (χ4n) is 3.80. The summed E-state index contributed by atoms with van der Waals surface area (Å²) in [6.07, 6.45) is 0. The van der Waals surface area contributed by atoms with Gasteiger partial charge in [0.1, 0.15) is 0 Å². The molecule has 4 nitrogen and oxygen atoms in total. The lowest BCUT2D eigenvalue weighted by molar-refractivity contribution is 1.07. The van der Waals surface area contributed by atoms with Crippen molar-refractivity contribution in [2.24, 2.45) is 17.3 Å². The molecule has 0 unspecified atom stereocenters. The molecule has 0 spiro atoms. The van der Waals surface area contributed by atoms with Gasteiger partial charge in [-0.2, -0.15) is 0 Å². The van der Waals surface area contributed by atoms with Crippen molar-refractivity contribution < 1.29 is 0 Å². The smallest absolute Gasteiger partial charge is 0.0570 e. The molecule has 0 radical (unpaired) electrons. The summed E-state index contributed by atoms with van der Waals surface area (Å²) in [7, 11) is 0. The van der Waals surface area contributed by atoms with Crippen molar-refractivity contribution in [3.63, 3.8) is 0 Å². The molecular formula is C26H26N4. The first-order chi connectivity index (χ1) is 14.7. The Kier molecular flexibility index (Phi) is 5.91. The third kappa shape index (κ3) is 3.84. The van der Waals surface area contributed by atoms with Gasteiger partial charge < -0.3 is 16.9 Å². The van der Waals surface area contributed by atoms with E-state index in [2.05, 4.69) is 84.3 Å². The Bertz CT molecular complexity index is 1120. The van der Waals surface area contributed by atoms with Crippen LogP contribution < -0.4 is 22.7 Å². The van der Waals surface area contributed by atoms with Gasteiger partial charge in [-0.05, 0) is 45.0 Å². The first-order valence-corrected chi connectivity index (χ1v) is 10.0. The molecule has 0 amide bonds. The maximum atomic E-state index is 5.94. The van der Waals surface area contributed by atoms with Crippen molar-refractivity contribution >= 4 is 5.69 Å². The molecule has 30 heavy (non-hydrogen) atoms. The summed E-state index contributed by atoms with van der Waals surface area (Å²) < 4.78 is 0. The number of nitrogens with one attached hydrogen (secondary N) is 1. The van der Waals surface area contributed by atoms with Gasteiger partial charge in [0.05, 0.1) is 5.69 Å². The molecule has 0 aliphatic rings. The van der Waals surface area contributed by atoms with E-state index in [-0.39, 0.29) is 0 Å². The highest BCUT2D eigenvalue weighted by atomic mass is 15.2. The number of nitrogen functional groups attached to an aromatic ring is 1. The van der Waals surface area contributed by atoms with Crippen molar-refractivity contribution in [2.45, 2.75) is 13.1 Å². The van der Waals surface area contributed by atoms with Crippen LogP contribution in [0.15, 0.2) is 91.0 Å². The predicted octanol–water partition coefficient (Wildman–Crippen LogP) is 4.89. The zero-order valence-corrected chi connectivity index (χ0v) is 16.8. The van der Waals surface area contributed by atoms with Crippen molar-refractivity contribution in [1.29, 1.82) is 0 Å². The summed E-state index contributed by atoms with van der Waals surface area (Å²) in [5.74, 6) is 5.94. The number of nitrogens with two attached hydrogens (primary N) is 3. The van der Waals surface area contributed by atoms with E-state index in [1.807, 2.05) is 12.1 Å². The molecule has 4 aromatic rings. The third-order valence-corrected chi connectivity index (χ3v) is 5.40. The van der Waals surface area contributed by atoms with E-state index in [9.17, 15) is 0 Å². The minimum atomic E-state index is 0.514. The topological polar surface area (TPSA) is 90.1 Å². The Balaban J connectivity index is 2.02. The predicted molar refractivity (Wildman–Crippen MR) is 126 cm³/mol. The summed E-state index contributed by atoms with van der Waals surface area (Å²) in [5.41, 5.74) is 24.2. The van der Waals surface area contributed by atoms with E-state index in [1.165, 1.54) is 0 Å². The third-order valence-electron chi connectivity index (χ3n) is 5.40. The molecule has 7 N–H and O–H groups in total. The minimum absolute atomic E-state index is 0.514. The van der Waals surface area contributed by atoms with Crippen LogP contribution in [-0.2, 0) is 13.1 Å². The second-order valence-corrected chi connectivity index (χ2v) is 7.22. The van der Waals surface area contributed by atoms with Gasteiger partial charge in [-0.1, -0.05) is 84.9 Å². The normalized spacial score (nSPS) is 10.8. The Morgan fingerprint density at radius 1 is 0.533 bits per heavy atom. The van der Waals surface area contributed by atoms with Gasteiger partial charge in [0.25, 0.3) is 0 Å². The highest BCUT2D eigenvalue weighted by Crippen LogP contribution is 2.44. The molecule has 150 valence electrons. The fraction of sp³-hybridized carbons (Fsp3) is 0.0769. The molecule has 0 saturated carbocycles. The summed E-state index contributed by atoms with van der Waals surface area (Å²) >= 11 is 0. The Hall–Kier alpha value is -3.44. The molecule has 0 fully saturated rings. The highest BCUT2D eigenvalue weighted by molar-refractivity contribution is 6.00. The van der Waals surface area contributed by atoms with Crippen LogP contribution in [0.4, 0.5) is 5.69 Å². The lowest BCUT2D eigenvalue weighted by Gasteiger charge is -2.20. The fourth-order valence-corrected chi connectivity index (χ4v) is 3.80. The number of hydrazine groups is 1. The Morgan fingerprint density at radius 2 is 1.07 bits per heavy atom. The van der Waals surface area contributed by atoms with Crippen molar-refractivity contribution in [3.05, 3.63) is 102 Å². The van der Waals surface area contributed by atoms with Gasteiger partial charge in [-0.25, -0.2) is 0 Å². The van der Waals surface area contributed by atoms with Gasteiger partial charge in [0, 0.05) is 18.7 Å². The van der Waals surface area contributed by atoms with Crippen molar-refractivity contribution in [3.8, 4) is 33.4 Å². The van der Waals surface area contributed by atoms with Crippen LogP contribution >= 0.6 is 0 Å². The largest absolute Gasteiger partial charge is 0.326 e. The number of rotatable bonds is 6. The van der Waals surface area contributed by atoms with Gasteiger partial charge >= 0.3 is 0 Å². The van der Waals surface area contributed by atoms with Crippen molar-refractivity contribution in [2.75, 3.05) is 5.43 Å². The van der Waals surface area contributed by atoms with Crippen LogP contribution in [0.1, 0.15) is 11.1 Å². The van der Waals surface area contributed by atoms with Crippen LogP contribution in [0.25, 0.3) is 33.4 Å². The zero-order valence-electron chi connectivity index (χ0n) is 16.8. The van der Waals surface area contributed by atoms with E-state index in [1.54, 1.807) is 0 Å². The first kappa shape index (κ1) is 19.9. The molecule has 0 aliphatic heterocycles. The molecule has 4 heteroatoms. The molecule has 4 aromatic carbocycles. The van der Waals surface area contributed by atoms with Gasteiger partial charge in [0.2, 0.25) is 0 Å². The molecule has 4 rings (SSSR count). The molecule has 0 aromatic heterocycles. The van der Waals surface area contributed by atoms with E-state index in [4.69, 9.17) is 17.3 Å². The lowest BCUT2D eigenvalue weighted by Crippen LogP contribution is -2.09. The van der Waals surface area contributed by atoms with Gasteiger partial charge in [0.15, 0.2) is 0 Å². The maximum absolute atomic E-state index is 5.94. The Labute approximate surface area is 177 Å². The summed E-state index contributed by atoms with van der Waals surface area (Å²) in [6.45, 7) is 1.03. The quantitative estimate of drug-likeness (QED) is 0.277.